The van der Waals surface area contributed by atoms with Crippen LogP contribution in [-0.2, 0) is 0 Å². The normalized spacial score (nSPS) is 9.73. The fourth-order valence-corrected chi connectivity index (χ4v) is 3.25. The molecule has 0 N–H and O–H groups in total. The Morgan fingerprint density at radius 3 is 2.20 bits per heavy atom. The molecular formula is C12H8BrClMg. The minimum atomic E-state index is -0.235. The molecule has 0 aliphatic heterocycles. The lowest BCUT2D eigenvalue weighted by molar-refractivity contribution is 1.63. The molecule has 0 aromatic heterocycles. The molecule has 0 atom stereocenters. The van der Waals surface area contributed by atoms with Crippen LogP contribution in [0.2, 0.25) is 5.02 Å². The maximum absolute atomic E-state index is 6.13. The molecule has 15 heavy (non-hydrogen) atoms. The SMILES string of the molecule is Clc1ccccc1-c1cc[c]([Mg][Br])cc1. The topological polar surface area (TPSA) is 0 Å². The lowest BCUT2D eigenvalue weighted by Gasteiger charge is -2.04. The van der Waals surface area contributed by atoms with Gasteiger partial charge < -0.3 is 0 Å². The molecule has 2 aromatic rings. The van der Waals surface area contributed by atoms with Crippen molar-refractivity contribution < 1.29 is 0 Å². The number of benzene rings is 2. The highest BCUT2D eigenvalue weighted by Gasteiger charge is 2.02. The van der Waals surface area contributed by atoms with E-state index < -0.39 is 0 Å². The van der Waals surface area contributed by atoms with Crippen molar-refractivity contribution >= 4 is 46.4 Å². The van der Waals surface area contributed by atoms with E-state index in [0.29, 0.717) is 0 Å². The monoisotopic (exact) mass is 290 g/mol. The Kier molecular flexibility index (Phi) is 4.09. The van der Waals surface area contributed by atoms with Gasteiger partial charge in [0, 0.05) is 10.6 Å². The molecule has 2 aromatic carbocycles. The van der Waals surface area contributed by atoms with Crippen molar-refractivity contribution in [2.75, 3.05) is 0 Å². The summed E-state index contributed by atoms with van der Waals surface area (Å²) in [4.78, 5) is 0. The van der Waals surface area contributed by atoms with Crippen molar-refractivity contribution in [2.45, 2.75) is 0 Å². The van der Waals surface area contributed by atoms with Crippen molar-refractivity contribution in [3.8, 4) is 11.1 Å². The Bertz CT molecular complexity index is 453. The van der Waals surface area contributed by atoms with Crippen molar-refractivity contribution in [3.63, 3.8) is 0 Å². The second-order valence-electron chi connectivity index (χ2n) is 3.31. The molecule has 0 spiro atoms. The van der Waals surface area contributed by atoms with Gasteiger partial charge in [0.1, 0.15) is 0 Å². The van der Waals surface area contributed by atoms with Crippen molar-refractivity contribution in [3.05, 3.63) is 53.6 Å². The predicted molar refractivity (Wildman–Crippen MR) is 71.2 cm³/mol. The molecule has 0 unspecified atom stereocenters. The number of halogens is 2. The molecule has 0 fully saturated rings. The third-order valence-electron chi connectivity index (χ3n) is 2.29. The summed E-state index contributed by atoms with van der Waals surface area (Å²) in [7, 11) is 0. The summed E-state index contributed by atoms with van der Waals surface area (Å²) in [6.45, 7) is 0. The lowest BCUT2D eigenvalue weighted by Crippen LogP contribution is -2.06. The van der Waals surface area contributed by atoms with E-state index in [1.165, 1.54) is 9.26 Å². The van der Waals surface area contributed by atoms with Gasteiger partial charge in [-0.25, -0.2) is 0 Å². The van der Waals surface area contributed by atoms with Crippen LogP contribution in [0.4, 0.5) is 0 Å². The first-order valence-electron chi connectivity index (χ1n) is 4.71. The van der Waals surface area contributed by atoms with Crippen LogP contribution < -0.4 is 3.69 Å². The molecular weight excluding hydrogens is 284 g/mol. The summed E-state index contributed by atoms with van der Waals surface area (Å²) in [5.74, 6) is 0. The van der Waals surface area contributed by atoms with Crippen LogP contribution in [0.25, 0.3) is 11.1 Å². The number of rotatable bonds is 2. The average molecular weight is 292 g/mol. The van der Waals surface area contributed by atoms with Gasteiger partial charge >= 0.3 is 18.2 Å². The van der Waals surface area contributed by atoms with Gasteiger partial charge in [-0.2, -0.15) is 3.69 Å². The summed E-state index contributed by atoms with van der Waals surface area (Å²) >= 11 is 9.46. The zero-order valence-corrected chi connectivity index (χ0v) is 11.8. The molecule has 0 aliphatic rings. The fourth-order valence-electron chi connectivity index (χ4n) is 1.47. The van der Waals surface area contributed by atoms with Crippen LogP contribution in [0.1, 0.15) is 0 Å². The summed E-state index contributed by atoms with van der Waals surface area (Å²) in [5, 5.41) is 0.807. The Labute approximate surface area is 110 Å². The first kappa shape index (κ1) is 11.5. The smallest absolute Gasteiger partial charge is 0.296 e. The lowest BCUT2D eigenvalue weighted by atomic mass is 10.1. The minimum Gasteiger partial charge on any atom is -0.296 e. The zero-order valence-electron chi connectivity index (χ0n) is 8.08. The fraction of sp³-hybridized carbons (Fsp3) is 0. The highest BCUT2D eigenvalue weighted by Crippen LogP contribution is 2.26. The highest BCUT2D eigenvalue weighted by molar-refractivity contribution is 9.23. The minimum absolute atomic E-state index is 0.235. The molecule has 3 heteroatoms. The van der Waals surface area contributed by atoms with E-state index in [1.807, 2.05) is 24.3 Å². The quantitative estimate of drug-likeness (QED) is 0.741. The van der Waals surface area contributed by atoms with E-state index in [-0.39, 0.29) is 18.2 Å². The number of hydrogen-bond acceptors (Lipinski definition) is 0. The van der Waals surface area contributed by atoms with Crippen LogP contribution in [0.15, 0.2) is 48.5 Å². The molecule has 0 saturated carbocycles. The van der Waals surface area contributed by atoms with Crippen LogP contribution in [0, 0.1) is 0 Å². The first-order valence-corrected chi connectivity index (χ1v) is 9.69. The van der Waals surface area contributed by atoms with Gasteiger partial charge in [-0.05, 0) is 11.6 Å². The predicted octanol–water partition coefficient (Wildman–Crippen LogP) is 3.65. The van der Waals surface area contributed by atoms with Crippen molar-refractivity contribution in [2.24, 2.45) is 0 Å². The van der Waals surface area contributed by atoms with Crippen LogP contribution in [0.5, 0.6) is 0 Å². The molecule has 0 heterocycles. The number of hydrogen-bond donors (Lipinski definition) is 0. The van der Waals surface area contributed by atoms with Crippen molar-refractivity contribution in [1.82, 2.24) is 0 Å². The van der Waals surface area contributed by atoms with Crippen LogP contribution in [-0.4, -0.2) is 18.2 Å². The van der Waals surface area contributed by atoms with Crippen LogP contribution in [0.3, 0.4) is 0 Å². The third kappa shape index (κ3) is 2.75. The Morgan fingerprint density at radius 2 is 1.60 bits per heavy atom. The van der Waals surface area contributed by atoms with Crippen LogP contribution >= 0.6 is 24.5 Å². The van der Waals surface area contributed by atoms with E-state index in [0.717, 1.165) is 10.6 Å². The molecule has 2 rings (SSSR count). The summed E-state index contributed by atoms with van der Waals surface area (Å²) < 4.78 is 1.41. The molecule has 0 aliphatic carbocycles. The Balaban J connectivity index is 2.42. The van der Waals surface area contributed by atoms with Gasteiger partial charge in [0.25, 0.3) is 0 Å². The largest absolute Gasteiger partial charge is 0.506 e. The van der Waals surface area contributed by atoms with Gasteiger partial charge in [0.15, 0.2) is 0 Å². The van der Waals surface area contributed by atoms with E-state index in [2.05, 4.69) is 37.1 Å². The molecule has 0 nitrogen and oxygen atoms in total. The van der Waals surface area contributed by atoms with Gasteiger partial charge in [0.2, 0.25) is 0 Å². The molecule has 0 radical (unpaired) electrons. The van der Waals surface area contributed by atoms with Gasteiger partial charge in [-0.15, -0.1) is 0 Å². The standard InChI is InChI=1S/C12H8Cl.BrH.Mg/c13-12-9-5-4-8-11(12)10-6-2-1-3-7-10;;/h2-9H;1H;/q;;+1/p-1. The zero-order chi connectivity index (χ0) is 10.7. The van der Waals surface area contributed by atoms with E-state index in [1.54, 1.807) is 0 Å². The van der Waals surface area contributed by atoms with Crippen molar-refractivity contribution in [1.29, 1.82) is 0 Å². The van der Waals surface area contributed by atoms with E-state index >= 15 is 0 Å². The summed E-state index contributed by atoms with van der Waals surface area (Å²) in [6, 6.07) is 16.5. The first-order chi connectivity index (χ1) is 7.31. The molecule has 0 amide bonds. The second-order valence-corrected chi connectivity index (χ2v) is 6.48. The maximum Gasteiger partial charge on any atom is 0.506 e. The second kappa shape index (κ2) is 5.35. The van der Waals surface area contributed by atoms with E-state index in [9.17, 15) is 0 Å². The Hall–Kier alpha value is -0.0238. The van der Waals surface area contributed by atoms with Gasteiger partial charge in [-0.1, -0.05) is 54.1 Å². The third-order valence-corrected chi connectivity index (χ3v) is 5.35. The maximum atomic E-state index is 6.13. The van der Waals surface area contributed by atoms with Gasteiger partial charge in [-0.3, -0.25) is 12.9 Å². The van der Waals surface area contributed by atoms with E-state index in [4.69, 9.17) is 11.6 Å². The highest BCUT2D eigenvalue weighted by atomic mass is 79.9. The molecule has 72 valence electrons. The van der Waals surface area contributed by atoms with Gasteiger partial charge in [0.05, 0.1) is 0 Å². The summed E-state index contributed by atoms with van der Waals surface area (Å²) in [5.41, 5.74) is 2.28. The average Bonchev–Trinajstić information content (AvgIpc) is 2.30. The molecule has 0 saturated heterocycles. The Morgan fingerprint density at radius 1 is 0.933 bits per heavy atom. The summed E-state index contributed by atoms with van der Waals surface area (Å²) in [6.07, 6.45) is 0. The molecule has 0 bridgehead atoms.